The van der Waals surface area contributed by atoms with E-state index in [9.17, 15) is 10.2 Å². The summed E-state index contributed by atoms with van der Waals surface area (Å²) >= 11 is 8.16. The summed E-state index contributed by atoms with van der Waals surface area (Å²) in [6.07, 6.45) is 0. The summed E-state index contributed by atoms with van der Waals surface area (Å²) in [6.45, 7) is 3.69. The Morgan fingerprint density at radius 2 is 1.16 bits per heavy atom. The number of aryl methyl sites for hydroxylation is 2. The molecule has 0 bridgehead atoms. The molecular formula is C14H12Br2O2S. The van der Waals surface area contributed by atoms with E-state index in [1.165, 1.54) is 11.8 Å². The minimum absolute atomic E-state index is 0.241. The molecule has 2 aromatic carbocycles. The van der Waals surface area contributed by atoms with Gasteiger partial charge in [-0.25, -0.2) is 0 Å². The van der Waals surface area contributed by atoms with E-state index >= 15 is 0 Å². The van der Waals surface area contributed by atoms with Crippen molar-refractivity contribution >= 4 is 43.6 Å². The summed E-state index contributed by atoms with van der Waals surface area (Å²) in [6, 6.07) is 7.38. The van der Waals surface area contributed by atoms with Crippen molar-refractivity contribution < 1.29 is 10.2 Å². The second-order valence-corrected chi connectivity index (χ2v) is 7.16. The molecule has 0 aliphatic carbocycles. The minimum atomic E-state index is 0.241. The fourth-order valence-corrected chi connectivity index (χ4v) is 4.26. The Balaban J connectivity index is 2.47. The van der Waals surface area contributed by atoms with Gasteiger partial charge in [-0.15, -0.1) is 0 Å². The van der Waals surface area contributed by atoms with Gasteiger partial charge in [0.25, 0.3) is 0 Å². The summed E-state index contributed by atoms with van der Waals surface area (Å²) in [7, 11) is 0. The zero-order valence-electron chi connectivity index (χ0n) is 10.4. The molecule has 0 heterocycles. The normalized spacial score (nSPS) is 10.7. The van der Waals surface area contributed by atoms with Crippen LogP contribution in [-0.2, 0) is 0 Å². The first-order valence-corrected chi connectivity index (χ1v) is 7.95. The molecule has 19 heavy (non-hydrogen) atoms. The van der Waals surface area contributed by atoms with Crippen LogP contribution in [0.25, 0.3) is 0 Å². The monoisotopic (exact) mass is 402 g/mol. The van der Waals surface area contributed by atoms with Gasteiger partial charge in [-0.05, 0) is 49.2 Å². The van der Waals surface area contributed by atoms with Crippen LogP contribution in [0.2, 0.25) is 0 Å². The third kappa shape index (κ3) is 3.27. The molecule has 0 aliphatic rings. The molecule has 100 valence electrons. The highest BCUT2D eigenvalue weighted by Gasteiger charge is 2.12. The number of halogens is 2. The summed E-state index contributed by atoms with van der Waals surface area (Å²) < 4.78 is 1.80. The van der Waals surface area contributed by atoms with Crippen molar-refractivity contribution in [2.24, 2.45) is 0 Å². The molecule has 2 aromatic rings. The molecule has 0 saturated heterocycles. The predicted octanol–water partition coefficient (Wildman–Crippen LogP) is 5.39. The lowest BCUT2D eigenvalue weighted by molar-refractivity contribution is 0.455. The Kier molecular flexibility index (Phi) is 4.48. The van der Waals surface area contributed by atoms with Crippen molar-refractivity contribution in [2.75, 3.05) is 0 Å². The number of hydrogen-bond acceptors (Lipinski definition) is 3. The summed E-state index contributed by atoms with van der Waals surface area (Å²) in [5.74, 6) is 0.482. The van der Waals surface area contributed by atoms with Gasteiger partial charge >= 0.3 is 0 Å². The van der Waals surface area contributed by atoms with E-state index in [-0.39, 0.29) is 11.5 Å². The molecule has 0 radical (unpaired) electrons. The molecule has 0 saturated carbocycles. The van der Waals surface area contributed by atoms with Crippen LogP contribution in [0.15, 0.2) is 43.0 Å². The number of hydrogen-bond donors (Lipinski definition) is 2. The lowest BCUT2D eigenvalue weighted by atomic mass is 10.2. The van der Waals surface area contributed by atoms with E-state index in [0.717, 1.165) is 20.1 Å². The van der Waals surface area contributed by atoms with Gasteiger partial charge in [0.1, 0.15) is 11.5 Å². The highest BCUT2D eigenvalue weighted by atomic mass is 79.9. The molecule has 0 amide bonds. The van der Waals surface area contributed by atoms with Gasteiger partial charge in [-0.2, -0.15) is 0 Å². The second kappa shape index (κ2) is 5.77. The van der Waals surface area contributed by atoms with Gasteiger partial charge in [-0.1, -0.05) is 43.6 Å². The molecule has 2 nitrogen and oxygen atoms in total. The second-order valence-electron chi connectivity index (χ2n) is 4.24. The predicted molar refractivity (Wildman–Crippen MR) is 85.2 cm³/mol. The highest BCUT2D eigenvalue weighted by molar-refractivity contribution is 9.10. The molecule has 0 fully saturated rings. The van der Waals surface area contributed by atoms with Crippen molar-refractivity contribution in [3.8, 4) is 11.5 Å². The molecule has 2 N–H and O–H groups in total. The van der Waals surface area contributed by atoms with Crippen LogP contribution in [0, 0.1) is 13.8 Å². The third-order valence-electron chi connectivity index (χ3n) is 2.68. The van der Waals surface area contributed by atoms with Crippen LogP contribution in [-0.4, -0.2) is 10.2 Å². The molecule has 0 spiro atoms. The number of rotatable bonds is 2. The maximum Gasteiger partial charge on any atom is 0.132 e. The standard InChI is InChI=1S/C14H12Br2O2S/c1-7-3-9(15)5-11(13(7)17)19-12-6-10(16)4-8(2)14(12)18/h3-6,17-18H,1-2H3. The largest absolute Gasteiger partial charge is 0.506 e. The zero-order chi connectivity index (χ0) is 14.2. The van der Waals surface area contributed by atoms with Crippen LogP contribution < -0.4 is 0 Å². The topological polar surface area (TPSA) is 40.5 Å². The Morgan fingerprint density at radius 1 is 0.789 bits per heavy atom. The molecule has 0 aromatic heterocycles. The SMILES string of the molecule is Cc1cc(Br)cc(Sc2cc(Br)cc(C)c2O)c1O. The molecule has 0 aliphatic heterocycles. The average molecular weight is 404 g/mol. The smallest absolute Gasteiger partial charge is 0.132 e. The highest BCUT2D eigenvalue weighted by Crippen LogP contribution is 2.43. The summed E-state index contributed by atoms with van der Waals surface area (Å²) in [5, 5.41) is 20.2. The molecule has 5 heteroatoms. The molecule has 0 atom stereocenters. The van der Waals surface area contributed by atoms with Crippen molar-refractivity contribution in [1.29, 1.82) is 0 Å². The van der Waals surface area contributed by atoms with Crippen molar-refractivity contribution in [2.45, 2.75) is 23.6 Å². The van der Waals surface area contributed by atoms with Crippen LogP contribution >= 0.6 is 43.6 Å². The van der Waals surface area contributed by atoms with Crippen LogP contribution in [0.5, 0.6) is 11.5 Å². The van der Waals surface area contributed by atoms with Gasteiger partial charge in [0.05, 0.1) is 9.79 Å². The maximum atomic E-state index is 10.1. The Labute approximate surface area is 133 Å². The van der Waals surface area contributed by atoms with E-state index in [0.29, 0.717) is 9.79 Å². The Hall–Kier alpha value is -0.650. The number of aromatic hydroxyl groups is 2. The van der Waals surface area contributed by atoms with E-state index in [2.05, 4.69) is 31.9 Å². The minimum Gasteiger partial charge on any atom is -0.506 e. The number of benzene rings is 2. The summed E-state index contributed by atoms with van der Waals surface area (Å²) in [4.78, 5) is 1.42. The van der Waals surface area contributed by atoms with Crippen molar-refractivity contribution in [3.63, 3.8) is 0 Å². The van der Waals surface area contributed by atoms with Gasteiger partial charge in [0.2, 0.25) is 0 Å². The lowest BCUT2D eigenvalue weighted by Crippen LogP contribution is -1.84. The van der Waals surface area contributed by atoms with Crippen LogP contribution in [0.4, 0.5) is 0 Å². The van der Waals surface area contributed by atoms with E-state index < -0.39 is 0 Å². The first-order chi connectivity index (χ1) is 8.88. The zero-order valence-corrected chi connectivity index (χ0v) is 14.4. The van der Waals surface area contributed by atoms with E-state index in [1.54, 1.807) is 0 Å². The third-order valence-corrected chi connectivity index (χ3v) is 4.66. The molecular weight excluding hydrogens is 392 g/mol. The first-order valence-electron chi connectivity index (χ1n) is 5.54. The summed E-state index contributed by atoms with van der Waals surface area (Å²) in [5.41, 5.74) is 1.59. The van der Waals surface area contributed by atoms with Crippen LogP contribution in [0.3, 0.4) is 0 Å². The van der Waals surface area contributed by atoms with E-state index in [4.69, 9.17) is 0 Å². The van der Waals surface area contributed by atoms with Gasteiger partial charge < -0.3 is 10.2 Å². The van der Waals surface area contributed by atoms with Crippen molar-refractivity contribution in [3.05, 3.63) is 44.3 Å². The number of phenolic OH excluding ortho intramolecular Hbond substituents is 2. The Morgan fingerprint density at radius 3 is 1.53 bits per heavy atom. The number of phenols is 2. The molecule has 2 rings (SSSR count). The first kappa shape index (κ1) is 14.8. The fourth-order valence-electron chi connectivity index (χ4n) is 1.68. The van der Waals surface area contributed by atoms with Gasteiger partial charge in [-0.3, -0.25) is 0 Å². The fraction of sp³-hybridized carbons (Fsp3) is 0.143. The lowest BCUT2D eigenvalue weighted by Gasteiger charge is -2.11. The van der Waals surface area contributed by atoms with E-state index in [1.807, 2.05) is 38.1 Å². The maximum absolute atomic E-state index is 10.1. The quantitative estimate of drug-likeness (QED) is 0.705. The van der Waals surface area contributed by atoms with Crippen molar-refractivity contribution in [1.82, 2.24) is 0 Å². The Bertz CT molecular complexity index is 586. The molecule has 0 unspecified atom stereocenters. The van der Waals surface area contributed by atoms with Gasteiger partial charge in [0, 0.05) is 8.95 Å². The van der Waals surface area contributed by atoms with Gasteiger partial charge in [0.15, 0.2) is 0 Å². The van der Waals surface area contributed by atoms with Crippen LogP contribution in [0.1, 0.15) is 11.1 Å². The average Bonchev–Trinajstić information content (AvgIpc) is 2.31.